The van der Waals surface area contributed by atoms with Gasteiger partial charge in [0.1, 0.15) is 11.5 Å². The van der Waals surface area contributed by atoms with E-state index in [2.05, 4.69) is 10.2 Å². The van der Waals surface area contributed by atoms with Crippen LogP contribution in [0, 0.1) is 5.92 Å². The lowest BCUT2D eigenvalue weighted by atomic mass is 9.95. The second-order valence-electron chi connectivity index (χ2n) is 6.57. The molecule has 1 aromatic carbocycles. The van der Waals surface area contributed by atoms with Gasteiger partial charge in [-0.2, -0.15) is 0 Å². The molecule has 1 heterocycles. The van der Waals surface area contributed by atoms with Gasteiger partial charge < -0.3 is 19.5 Å². The second kappa shape index (κ2) is 11.0. The summed E-state index contributed by atoms with van der Waals surface area (Å²) in [5, 5.41) is 3.04. The molecule has 26 heavy (non-hydrogen) atoms. The lowest BCUT2D eigenvalue weighted by Crippen LogP contribution is -2.40. The first-order chi connectivity index (χ1) is 12.7. The van der Waals surface area contributed by atoms with Gasteiger partial charge in [-0.25, -0.2) is 0 Å². The molecule has 1 saturated heterocycles. The number of nitrogens with one attached hydrogen (secondary N) is 1. The van der Waals surface area contributed by atoms with Crippen molar-refractivity contribution in [2.75, 3.05) is 47.1 Å². The molecular formula is C20H32N2O4. The third kappa shape index (κ3) is 6.18. The van der Waals surface area contributed by atoms with Crippen molar-refractivity contribution in [3.8, 4) is 11.5 Å². The van der Waals surface area contributed by atoms with Gasteiger partial charge in [-0.3, -0.25) is 9.69 Å². The number of benzene rings is 1. The lowest BCUT2D eigenvalue weighted by Gasteiger charge is -2.31. The summed E-state index contributed by atoms with van der Waals surface area (Å²) in [6.07, 6.45) is 2.65. The summed E-state index contributed by atoms with van der Waals surface area (Å²) < 4.78 is 16.1. The molecule has 1 aliphatic rings. The van der Waals surface area contributed by atoms with Crippen molar-refractivity contribution in [3.63, 3.8) is 0 Å². The molecule has 0 bridgehead atoms. The predicted octanol–water partition coefficient (Wildman–Crippen LogP) is 2.46. The Morgan fingerprint density at radius 1 is 1.23 bits per heavy atom. The Morgan fingerprint density at radius 2 is 2.00 bits per heavy atom. The number of amides is 1. The molecular weight excluding hydrogens is 332 g/mol. The van der Waals surface area contributed by atoms with Gasteiger partial charge in [-0.1, -0.05) is 0 Å². The van der Waals surface area contributed by atoms with Crippen LogP contribution in [0.25, 0.3) is 0 Å². The van der Waals surface area contributed by atoms with Crippen LogP contribution in [0.5, 0.6) is 11.5 Å². The fourth-order valence-corrected chi connectivity index (χ4v) is 3.27. The summed E-state index contributed by atoms with van der Waals surface area (Å²) in [5.41, 5.74) is 1.12. The molecule has 2 rings (SSSR count). The van der Waals surface area contributed by atoms with E-state index in [0.717, 1.165) is 62.6 Å². The SMILES string of the molecule is CCOCCCNC(=O)C1CCN(Cc2cc(OC)ccc2OC)CC1. The van der Waals surface area contributed by atoms with E-state index in [-0.39, 0.29) is 11.8 Å². The zero-order valence-corrected chi connectivity index (χ0v) is 16.3. The van der Waals surface area contributed by atoms with Crippen LogP contribution in [0.2, 0.25) is 0 Å². The minimum Gasteiger partial charge on any atom is -0.497 e. The van der Waals surface area contributed by atoms with Gasteiger partial charge in [0.05, 0.1) is 14.2 Å². The van der Waals surface area contributed by atoms with Crippen LogP contribution < -0.4 is 14.8 Å². The van der Waals surface area contributed by atoms with Crippen molar-refractivity contribution >= 4 is 5.91 Å². The Balaban J connectivity index is 1.77. The monoisotopic (exact) mass is 364 g/mol. The fraction of sp³-hybridized carbons (Fsp3) is 0.650. The molecule has 0 aliphatic carbocycles. The zero-order valence-electron chi connectivity index (χ0n) is 16.3. The highest BCUT2D eigenvalue weighted by atomic mass is 16.5. The van der Waals surface area contributed by atoms with Gasteiger partial charge in [0.25, 0.3) is 0 Å². The van der Waals surface area contributed by atoms with Gasteiger partial charge >= 0.3 is 0 Å². The lowest BCUT2D eigenvalue weighted by molar-refractivity contribution is -0.126. The maximum absolute atomic E-state index is 12.3. The topological polar surface area (TPSA) is 60.0 Å². The van der Waals surface area contributed by atoms with E-state index in [9.17, 15) is 4.79 Å². The van der Waals surface area contributed by atoms with Crippen molar-refractivity contribution in [2.24, 2.45) is 5.92 Å². The average molecular weight is 364 g/mol. The first kappa shape index (κ1) is 20.5. The molecule has 6 nitrogen and oxygen atoms in total. The minimum atomic E-state index is 0.116. The maximum atomic E-state index is 12.3. The Kier molecular flexibility index (Phi) is 8.71. The standard InChI is InChI=1S/C20H32N2O4/c1-4-26-13-5-10-21-20(23)16-8-11-22(12-9-16)15-17-14-18(24-2)6-7-19(17)25-3/h6-7,14,16H,4-5,8-13,15H2,1-3H3,(H,21,23). The van der Waals surface area contributed by atoms with E-state index in [1.165, 1.54) is 0 Å². The first-order valence-corrected chi connectivity index (χ1v) is 9.46. The van der Waals surface area contributed by atoms with Crippen molar-refractivity contribution in [3.05, 3.63) is 23.8 Å². The Hall–Kier alpha value is -1.79. The van der Waals surface area contributed by atoms with Gasteiger partial charge in [0, 0.05) is 37.8 Å². The van der Waals surface area contributed by atoms with E-state index >= 15 is 0 Å². The van der Waals surface area contributed by atoms with E-state index in [1.807, 2.05) is 25.1 Å². The summed E-state index contributed by atoms with van der Waals surface area (Å²) >= 11 is 0. The summed E-state index contributed by atoms with van der Waals surface area (Å²) in [6, 6.07) is 5.87. The van der Waals surface area contributed by atoms with Crippen LogP contribution in [-0.2, 0) is 16.1 Å². The molecule has 1 aromatic rings. The minimum absolute atomic E-state index is 0.116. The number of hydrogen-bond acceptors (Lipinski definition) is 5. The summed E-state index contributed by atoms with van der Waals surface area (Å²) in [5.74, 6) is 2.01. The van der Waals surface area contributed by atoms with E-state index in [0.29, 0.717) is 13.2 Å². The quantitative estimate of drug-likeness (QED) is 0.646. The molecule has 1 fully saturated rings. The molecule has 6 heteroatoms. The number of methoxy groups -OCH3 is 2. The normalized spacial score (nSPS) is 15.7. The number of rotatable bonds is 10. The smallest absolute Gasteiger partial charge is 0.223 e. The second-order valence-corrected chi connectivity index (χ2v) is 6.57. The van der Waals surface area contributed by atoms with Crippen LogP contribution in [0.15, 0.2) is 18.2 Å². The highest BCUT2D eigenvalue weighted by Gasteiger charge is 2.25. The van der Waals surface area contributed by atoms with Crippen LogP contribution >= 0.6 is 0 Å². The molecule has 0 unspecified atom stereocenters. The first-order valence-electron chi connectivity index (χ1n) is 9.46. The number of hydrogen-bond donors (Lipinski definition) is 1. The van der Waals surface area contributed by atoms with Crippen molar-refractivity contribution in [2.45, 2.75) is 32.7 Å². The fourth-order valence-electron chi connectivity index (χ4n) is 3.27. The molecule has 0 atom stereocenters. The van der Waals surface area contributed by atoms with Crippen LogP contribution in [0.1, 0.15) is 31.7 Å². The van der Waals surface area contributed by atoms with Crippen LogP contribution in [0.4, 0.5) is 0 Å². The predicted molar refractivity (Wildman–Crippen MR) is 102 cm³/mol. The molecule has 0 spiro atoms. The Bertz CT molecular complexity index is 557. The summed E-state index contributed by atoms with van der Waals surface area (Å²) in [7, 11) is 3.36. The number of carbonyl (C=O) groups is 1. The van der Waals surface area contributed by atoms with Gasteiger partial charge in [0.15, 0.2) is 0 Å². The van der Waals surface area contributed by atoms with Gasteiger partial charge in [0.2, 0.25) is 5.91 Å². The molecule has 0 aromatic heterocycles. The molecule has 0 saturated carbocycles. The van der Waals surface area contributed by atoms with Crippen molar-refractivity contribution in [1.29, 1.82) is 0 Å². The van der Waals surface area contributed by atoms with Gasteiger partial charge in [-0.05, 0) is 57.5 Å². The summed E-state index contributed by atoms with van der Waals surface area (Å²) in [4.78, 5) is 14.6. The molecule has 146 valence electrons. The largest absolute Gasteiger partial charge is 0.497 e. The Labute approximate surface area is 156 Å². The number of carbonyl (C=O) groups excluding carboxylic acids is 1. The Morgan fingerprint density at radius 3 is 2.65 bits per heavy atom. The van der Waals surface area contributed by atoms with Crippen LogP contribution in [-0.4, -0.2) is 57.9 Å². The number of nitrogens with zero attached hydrogens (tertiary/aromatic N) is 1. The van der Waals surface area contributed by atoms with Crippen molar-refractivity contribution in [1.82, 2.24) is 10.2 Å². The number of likely N-dealkylation sites (tertiary alicyclic amines) is 1. The highest BCUT2D eigenvalue weighted by Crippen LogP contribution is 2.27. The maximum Gasteiger partial charge on any atom is 0.223 e. The third-order valence-electron chi connectivity index (χ3n) is 4.81. The van der Waals surface area contributed by atoms with Crippen LogP contribution in [0.3, 0.4) is 0 Å². The van der Waals surface area contributed by atoms with E-state index in [1.54, 1.807) is 14.2 Å². The molecule has 1 N–H and O–H groups in total. The van der Waals surface area contributed by atoms with E-state index in [4.69, 9.17) is 14.2 Å². The molecule has 0 radical (unpaired) electrons. The molecule has 1 aliphatic heterocycles. The summed E-state index contributed by atoms with van der Waals surface area (Å²) in [6.45, 7) is 6.74. The average Bonchev–Trinajstić information content (AvgIpc) is 2.68. The molecule has 1 amide bonds. The van der Waals surface area contributed by atoms with Gasteiger partial charge in [-0.15, -0.1) is 0 Å². The highest BCUT2D eigenvalue weighted by molar-refractivity contribution is 5.78. The number of ether oxygens (including phenoxy) is 3. The van der Waals surface area contributed by atoms with E-state index < -0.39 is 0 Å². The third-order valence-corrected chi connectivity index (χ3v) is 4.81. The van der Waals surface area contributed by atoms with Crippen molar-refractivity contribution < 1.29 is 19.0 Å². The zero-order chi connectivity index (χ0) is 18.8. The number of piperidine rings is 1.